The summed E-state index contributed by atoms with van der Waals surface area (Å²) in [6.07, 6.45) is 0. The Hall–Kier alpha value is -2.03. The fourth-order valence-electron chi connectivity index (χ4n) is 2.23. The van der Waals surface area contributed by atoms with Gasteiger partial charge in [0.1, 0.15) is 6.04 Å². The Kier molecular flexibility index (Phi) is 3.74. The van der Waals surface area contributed by atoms with Crippen molar-refractivity contribution in [3.63, 3.8) is 0 Å². The summed E-state index contributed by atoms with van der Waals surface area (Å²) in [6, 6.07) is 9.96. The highest BCUT2D eigenvalue weighted by Crippen LogP contribution is 2.30. The zero-order valence-electron chi connectivity index (χ0n) is 11.8. The Labute approximate surface area is 113 Å². The van der Waals surface area contributed by atoms with Gasteiger partial charge in [-0.15, -0.1) is 0 Å². The van der Waals surface area contributed by atoms with Crippen LogP contribution in [0.1, 0.15) is 18.1 Å². The Morgan fingerprint density at radius 1 is 1.26 bits per heavy atom. The van der Waals surface area contributed by atoms with Crippen molar-refractivity contribution in [3.8, 4) is 0 Å². The molecule has 0 aliphatic heterocycles. The van der Waals surface area contributed by atoms with Crippen LogP contribution in [-0.4, -0.2) is 19.1 Å². The Morgan fingerprint density at radius 2 is 1.95 bits per heavy atom. The number of carbonyl (C=O) groups excluding carboxylic acids is 1. The number of aryl methyl sites for hydroxylation is 1. The van der Waals surface area contributed by atoms with Crippen LogP contribution < -0.4 is 5.32 Å². The first-order valence-corrected chi connectivity index (χ1v) is 6.38. The van der Waals surface area contributed by atoms with Crippen LogP contribution in [0.3, 0.4) is 0 Å². The predicted molar refractivity (Wildman–Crippen MR) is 78.5 cm³/mol. The quantitative estimate of drug-likeness (QED) is 0.856. The van der Waals surface area contributed by atoms with Crippen molar-refractivity contribution >= 4 is 22.4 Å². The highest BCUT2D eigenvalue weighted by molar-refractivity contribution is 5.97. The van der Waals surface area contributed by atoms with Gasteiger partial charge in [-0.3, -0.25) is 0 Å². The number of nitrogens with one attached hydrogen (secondary N) is 1. The van der Waals surface area contributed by atoms with Gasteiger partial charge in [0.25, 0.3) is 0 Å². The van der Waals surface area contributed by atoms with Crippen LogP contribution in [-0.2, 0) is 9.53 Å². The number of benzene rings is 2. The molecule has 100 valence electrons. The van der Waals surface area contributed by atoms with E-state index in [0.29, 0.717) is 0 Å². The average molecular weight is 257 g/mol. The highest BCUT2D eigenvalue weighted by atomic mass is 16.5. The molecular formula is C16H19NO2. The van der Waals surface area contributed by atoms with E-state index in [9.17, 15) is 4.79 Å². The van der Waals surface area contributed by atoms with Gasteiger partial charge in [0.2, 0.25) is 0 Å². The fourth-order valence-corrected chi connectivity index (χ4v) is 2.23. The number of hydrogen-bond donors (Lipinski definition) is 1. The molecule has 1 N–H and O–H groups in total. The van der Waals surface area contributed by atoms with Crippen LogP contribution in [0.4, 0.5) is 5.69 Å². The van der Waals surface area contributed by atoms with Crippen LogP contribution in [0.5, 0.6) is 0 Å². The topological polar surface area (TPSA) is 38.3 Å². The number of fused-ring (bicyclic) bond motifs is 1. The highest BCUT2D eigenvalue weighted by Gasteiger charge is 2.16. The molecule has 1 atom stereocenters. The Balaban J connectivity index is 2.52. The lowest BCUT2D eigenvalue weighted by atomic mass is 9.99. The van der Waals surface area contributed by atoms with E-state index in [2.05, 4.69) is 37.4 Å². The van der Waals surface area contributed by atoms with Crippen molar-refractivity contribution in [1.29, 1.82) is 0 Å². The summed E-state index contributed by atoms with van der Waals surface area (Å²) >= 11 is 0. The minimum absolute atomic E-state index is 0.259. The summed E-state index contributed by atoms with van der Waals surface area (Å²) in [7, 11) is 1.40. The first kappa shape index (κ1) is 13.4. The van der Waals surface area contributed by atoms with Crippen molar-refractivity contribution in [2.45, 2.75) is 26.8 Å². The van der Waals surface area contributed by atoms with E-state index in [1.54, 1.807) is 0 Å². The maximum atomic E-state index is 11.6. The van der Waals surface area contributed by atoms with Crippen molar-refractivity contribution < 1.29 is 9.53 Å². The van der Waals surface area contributed by atoms with E-state index < -0.39 is 0 Å². The average Bonchev–Trinajstić information content (AvgIpc) is 2.42. The summed E-state index contributed by atoms with van der Waals surface area (Å²) < 4.78 is 4.76. The number of ether oxygens (including phenoxy) is 1. The largest absolute Gasteiger partial charge is 0.467 e. The van der Waals surface area contributed by atoms with Crippen molar-refractivity contribution in [3.05, 3.63) is 41.5 Å². The minimum Gasteiger partial charge on any atom is -0.467 e. The van der Waals surface area contributed by atoms with Crippen LogP contribution in [0, 0.1) is 13.8 Å². The van der Waals surface area contributed by atoms with Gasteiger partial charge in [0, 0.05) is 11.1 Å². The van der Waals surface area contributed by atoms with Gasteiger partial charge in [0.05, 0.1) is 7.11 Å². The summed E-state index contributed by atoms with van der Waals surface area (Å²) in [6.45, 7) is 5.95. The lowest BCUT2D eigenvalue weighted by Crippen LogP contribution is -2.27. The number of hydrogen-bond acceptors (Lipinski definition) is 3. The molecule has 2 rings (SSSR count). The standard InChI is InChI=1S/C16H19NO2/c1-10-9-13-7-5-6-8-14(13)15(11(10)2)17-12(3)16(18)19-4/h5-9,12,17H,1-4H3/t12-/m0/s1. The van der Waals surface area contributed by atoms with Gasteiger partial charge >= 0.3 is 5.97 Å². The number of esters is 1. The van der Waals surface area contributed by atoms with Crippen molar-refractivity contribution in [2.24, 2.45) is 0 Å². The molecule has 0 aliphatic rings. The van der Waals surface area contributed by atoms with Crippen molar-refractivity contribution in [2.75, 3.05) is 12.4 Å². The lowest BCUT2D eigenvalue weighted by molar-refractivity contribution is -0.141. The predicted octanol–water partition coefficient (Wildman–Crippen LogP) is 3.43. The van der Waals surface area contributed by atoms with E-state index in [4.69, 9.17) is 4.74 Å². The van der Waals surface area contributed by atoms with Gasteiger partial charge in [-0.2, -0.15) is 0 Å². The van der Waals surface area contributed by atoms with Crippen molar-refractivity contribution in [1.82, 2.24) is 0 Å². The third-order valence-electron chi connectivity index (χ3n) is 3.48. The Bertz CT molecular complexity index is 619. The van der Waals surface area contributed by atoms with E-state index in [1.807, 2.05) is 19.1 Å². The van der Waals surface area contributed by atoms with E-state index in [0.717, 1.165) is 16.6 Å². The number of methoxy groups -OCH3 is 1. The van der Waals surface area contributed by atoms with E-state index >= 15 is 0 Å². The number of rotatable bonds is 3. The molecule has 0 unspecified atom stereocenters. The molecule has 0 radical (unpaired) electrons. The molecule has 0 saturated heterocycles. The molecule has 0 amide bonds. The zero-order chi connectivity index (χ0) is 14.0. The third kappa shape index (κ3) is 2.55. The van der Waals surface area contributed by atoms with Gasteiger partial charge in [-0.05, 0) is 37.3 Å². The monoisotopic (exact) mass is 257 g/mol. The number of anilines is 1. The zero-order valence-corrected chi connectivity index (χ0v) is 11.8. The first-order chi connectivity index (χ1) is 9.04. The number of carbonyl (C=O) groups is 1. The maximum absolute atomic E-state index is 11.6. The molecule has 0 bridgehead atoms. The molecule has 0 aliphatic carbocycles. The molecule has 0 aromatic heterocycles. The minimum atomic E-state index is -0.367. The molecule has 2 aromatic carbocycles. The van der Waals surface area contributed by atoms with Gasteiger partial charge < -0.3 is 10.1 Å². The summed E-state index contributed by atoms with van der Waals surface area (Å²) in [5, 5.41) is 5.57. The second kappa shape index (κ2) is 5.31. The van der Waals surface area contributed by atoms with Gasteiger partial charge in [-0.1, -0.05) is 30.3 Å². The summed E-state index contributed by atoms with van der Waals surface area (Å²) in [4.78, 5) is 11.6. The smallest absolute Gasteiger partial charge is 0.327 e. The Morgan fingerprint density at radius 3 is 2.63 bits per heavy atom. The lowest BCUT2D eigenvalue weighted by Gasteiger charge is -2.18. The summed E-state index contributed by atoms with van der Waals surface area (Å²) in [5.41, 5.74) is 3.38. The van der Waals surface area contributed by atoms with E-state index in [-0.39, 0.29) is 12.0 Å². The fraction of sp³-hybridized carbons (Fsp3) is 0.312. The molecule has 19 heavy (non-hydrogen) atoms. The van der Waals surface area contributed by atoms with Crippen LogP contribution in [0.15, 0.2) is 30.3 Å². The summed E-state index contributed by atoms with van der Waals surface area (Å²) in [5.74, 6) is -0.259. The third-order valence-corrected chi connectivity index (χ3v) is 3.48. The molecule has 3 nitrogen and oxygen atoms in total. The van der Waals surface area contributed by atoms with Crippen LogP contribution in [0.25, 0.3) is 10.8 Å². The molecule has 0 spiro atoms. The second-order valence-electron chi connectivity index (χ2n) is 4.80. The van der Waals surface area contributed by atoms with Crippen LogP contribution in [0.2, 0.25) is 0 Å². The maximum Gasteiger partial charge on any atom is 0.327 e. The molecule has 0 saturated carbocycles. The molecule has 3 heteroatoms. The molecule has 2 aromatic rings. The normalized spacial score (nSPS) is 12.2. The van der Waals surface area contributed by atoms with Gasteiger partial charge in [-0.25, -0.2) is 4.79 Å². The van der Waals surface area contributed by atoms with Crippen LogP contribution >= 0.6 is 0 Å². The molecule has 0 fully saturated rings. The SMILES string of the molecule is COC(=O)[C@H](C)Nc1c(C)c(C)cc2ccccc12. The van der Waals surface area contributed by atoms with Gasteiger partial charge in [0.15, 0.2) is 0 Å². The first-order valence-electron chi connectivity index (χ1n) is 6.38. The molecule has 0 heterocycles. The second-order valence-corrected chi connectivity index (χ2v) is 4.80. The molecular weight excluding hydrogens is 238 g/mol. The van der Waals surface area contributed by atoms with E-state index in [1.165, 1.54) is 18.1 Å².